The molecule has 15 heavy (non-hydrogen) atoms. The number of nitrogens with two attached hydrogens (primary N) is 1. The van der Waals surface area contributed by atoms with Crippen molar-refractivity contribution in [1.82, 2.24) is 0 Å². The first kappa shape index (κ1) is 12.5. The van der Waals surface area contributed by atoms with Gasteiger partial charge in [-0.05, 0) is 0 Å². The minimum absolute atomic E-state index is 0.428. The van der Waals surface area contributed by atoms with E-state index in [4.69, 9.17) is 20.7 Å². The molecule has 0 aliphatic carbocycles. The van der Waals surface area contributed by atoms with Crippen molar-refractivity contribution < 1.29 is 30.0 Å². The van der Waals surface area contributed by atoms with Gasteiger partial charge in [0.05, 0.1) is 19.8 Å². The predicted molar refractivity (Wildman–Crippen MR) is 47.9 cm³/mol. The Balaban J connectivity index is 2.96. The standard InChI is InChI=1S/C8H15NO6/c9-1-5(12)8(3-11)7(14)6(13)4(2-10)15-8/h4,6-7,10-11,13-14H,1-3,9H2/t4-,6-,7+,8?/m1/s1. The fourth-order valence-electron chi connectivity index (χ4n) is 1.66. The van der Waals surface area contributed by atoms with E-state index in [1.54, 1.807) is 0 Å². The van der Waals surface area contributed by atoms with Crippen molar-refractivity contribution in [2.45, 2.75) is 23.9 Å². The second-order valence-corrected chi connectivity index (χ2v) is 3.45. The minimum Gasteiger partial charge on any atom is -0.394 e. The lowest BCUT2D eigenvalue weighted by Gasteiger charge is -2.27. The Morgan fingerprint density at radius 3 is 2.33 bits per heavy atom. The first-order chi connectivity index (χ1) is 7.03. The quantitative estimate of drug-likeness (QED) is 0.330. The molecule has 1 rings (SSSR count). The lowest BCUT2D eigenvalue weighted by atomic mass is 9.91. The number of hydrogen-bond donors (Lipinski definition) is 5. The summed E-state index contributed by atoms with van der Waals surface area (Å²) in [5.41, 5.74) is 3.20. The van der Waals surface area contributed by atoms with Gasteiger partial charge in [-0.3, -0.25) is 4.79 Å². The molecule has 1 fully saturated rings. The maximum atomic E-state index is 11.4. The number of aliphatic hydroxyl groups excluding tert-OH is 4. The minimum atomic E-state index is -1.92. The van der Waals surface area contributed by atoms with Gasteiger partial charge in [0.1, 0.15) is 18.3 Å². The summed E-state index contributed by atoms with van der Waals surface area (Å²) in [6.07, 6.45) is -4.10. The third kappa shape index (κ3) is 1.78. The van der Waals surface area contributed by atoms with Gasteiger partial charge in [0.15, 0.2) is 11.4 Å². The van der Waals surface area contributed by atoms with Crippen LogP contribution in [-0.2, 0) is 9.53 Å². The Morgan fingerprint density at radius 1 is 1.40 bits per heavy atom. The van der Waals surface area contributed by atoms with Crippen molar-refractivity contribution >= 4 is 5.78 Å². The van der Waals surface area contributed by atoms with Crippen molar-refractivity contribution in [3.05, 3.63) is 0 Å². The number of Topliss-reactive ketones (excluding diaryl/α,β-unsaturated/α-hetero) is 1. The van der Waals surface area contributed by atoms with Crippen LogP contribution in [0.4, 0.5) is 0 Å². The molecule has 7 heteroatoms. The Kier molecular flexibility index (Phi) is 3.77. The summed E-state index contributed by atoms with van der Waals surface area (Å²) in [4.78, 5) is 11.4. The largest absolute Gasteiger partial charge is 0.394 e. The van der Waals surface area contributed by atoms with Gasteiger partial charge in [-0.25, -0.2) is 0 Å². The van der Waals surface area contributed by atoms with Gasteiger partial charge >= 0.3 is 0 Å². The summed E-state index contributed by atoms with van der Waals surface area (Å²) >= 11 is 0. The van der Waals surface area contributed by atoms with Crippen LogP contribution in [0.25, 0.3) is 0 Å². The SMILES string of the molecule is NCC(=O)C1(CO)O[C@H](CO)[C@@H](O)[C@@H]1O. The number of carbonyl (C=O) groups is 1. The van der Waals surface area contributed by atoms with E-state index in [2.05, 4.69) is 0 Å². The molecule has 88 valence electrons. The Hall–Kier alpha value is -0.570. The molecule has 6 N–H and O–H groups in total. The van der Waals surface area contributed by atoms with Crippen molar-refractivity contribution in [3.8, 4) is 0 Å². The summed E-state index contributed by atoms with van der Waals surface area (Å²) in [5, 5.41) is 36.9. The molecule has 0 radical (unpaired) electrons. The van der Waals surface area contributed by atoms with E-state index < -0.39 is 49.5 Å². The molecule has 1 unspecified atom stereocenters. The van der Waals surface area contributed by atoms with Crippen molar-refractivity contribution in [1.29, 1.82) is 0 Å². The molecular formula is C8H15NO6. The van der Waals surface area contributed by atoms with Crippen molar-refractivity contribution in [2.75, 3.05) is 19.8 Å². The van der Waals surface area contributed by atoms with E-state index in [0.29, 0.717) is 0 Å². The summed E-state index contributed by atoms with van der Waals surface area (Å²) in [7, 11) is 0. The third-order valence-corrected chi connectivity index (χ3v) is 2.62. The van der Waals surface area contributed by atoms with Crippen LogP contribution in [0.2, 0.25) is 0 Å². The molecule has 1 aliphatic rings. The molecule has 1 heterocycles. The normalized spacial score (nSPS) is 40.7. The van der Waals surface area contributed by atoms with Crippen LogP contribution in [-0.4, -0.2) is 69.9 Å². The second kappa shape index (κ2) is 4.52. The molecular weight excluding hydrogens is 206 g/mol. The molecule has 0 aromatic carbocycles. The summed E-state index contributed by atoms with van der Waals surface area (Å²) in [5.74, 6) is -0.715. The number of aliphatic hydroxyl groups is 4. The molecule has 0 amide bonds. The smallest absolute Gasteiger partial charge is 0.183 e. The van der Waals surface area contributed by atoms with Gasteiger partial charge in [0.25, 0.3) is 0 Å². The molecule has 0 saturated carbocycles. The first-order valence-electron chi connectivity index (χ1n) is 4.52. The van der Waals surface area contributed by atoms with E-state index in [1.165, 1.54) is 0 Å². The van der Waals surface area contributed by atoms with Crippen LogP contribution in [0.1, 0.15) is 0 Å². The molecule has 0 spiro atoms. The molecule has 7 nitrogen and oxygen atoms in total. The zero-order chi connectivity index (χ0) is 11.6. The fraction of sp³-hybridized carbons (Fsp3) is 0.875. The summed E-state index contributed by atoms with van der Waals surface area (Å²) < 4.78 is 5.00. The Morgan fingerprint density at radius 2 is 2.00 bits per heavy atom. The van der Waals surface area contributed by atoms with E-state index in [1.807, 2.05) is 0 Å². The third-order valence-electron chi connectivity index (χ3n) is 2.62. The Bertz CT molecular complexity index is 247. The zero-order valence-electron chi connectivity index (χ0n) is 8.04. The molecule has 1 aliphatic heterocycles. The predicted octanol–water partition coefficient (Wildman–Crippen LogP) is -3.64. The highest BCUT2D eigenvalue weighted by molar-refractivity contribution is 5.90. The van der Waals surface area contributed by atoms with E-state index in [0.717, 1.165) is 0 Å². The number of ketones is 1. The van der Waals surface area contributed by atoms with E-state index in [-0.39, 0.29) is 0 Å². The number of hydrogen-bond acceptors (Lipinski definition) is 7. The summed E-state index contributed by atoms with van der Waals surface area (Å²) in [6, 6.07) is 0. The number of ether oxygens (including phenoxy) is 1. The second-order valence-electron chi connectivity index (χ2n) is 3.45. The van der Waals surface area contributed by atoms with Gasteiger partial charge in [0, 0.05) is 0 Å². The molecule has 0 bridgehead atoms. The van der Waals surface area contributed by atoms with Gasteiger partial charge in [-0.2, -0.15) is 0 Å². The fourth-order valence-corrected chi connectivity index (χ4v) is 1.66. The topological polar surface area (TPSA) is 133 Å². The molecule has 0 aromatic rings. The van der Waals surface area contributed by atoms with Crippen LogP contribution in [0.3, 0.4) is 0 Å². The average molecular weight is 221 g/mol. The summed E-state index contributed by atoms with van der Waals surface area (Å²) in [6.45, 7) is -1.78. The molecule has 1 saturated heterocycles. The van der Waals surface area contributed by atoms with Gasteiger partial charge in [-0.1, -0.05) is 0 Å². The van der Waals surface area contributed by atoms with Crippen molar-refractivity contribution in [3.63, 3.8) is 0 Å². The highest BCUT2D eigenvalue weighted by atomic mass is 16.6. The Labute approximate surface area is 86.1 Å². The first-order valence-corrected chi connectivity index (χ1v) is 4.52. The zero-order valence-corrected chi connectivity index (χ0v) is 8.04. The monoisotopic (exact) mass is 221 g/mol. The molecule has 4 atom stereocenters. The van der Waals surface area contributed by atoms with Crippen LogP contribution in [0.5, 0.6) is 0 Å². The lowest BCUT2D eigenvalue weighted by Crippen LogP contribution is -2.55. The van der Waals surface area contributed by atoms with Crippen LogP contribution < -0.4 is 5.73 Å². The number of carbonyl (C=O) groups excluding carboxylic acids is 1. The van der Waals surface area contributed by atoms with Gasteiger partial charge in [-0.15, -0.1) is 0 Å². The number of rotatable bonds is 4. The maximum Gasteiger partial charge on any atom is 0.183 e. The highest BCUT2D eigenvalue weighted by Gasteiger charge is 2.57. The lowest BCUT2D eigenvalue weighted by molar-refractivity contribution is -0.159. The van der Waals surface area contributed by atoms with E-state index >= 15 is 0 Å². The van der Waals surface area contributed by atoms with E-state index in [9.17, 15) is 15.0 Å². The average Bonchev–Trinajstić information content (AvgIpc) is 2.52. The van der Waals surface area contributed by atoms with Gasteiger partial charge in [0.2, 0.25) is 0 Å². The van der Waals surface area contributed by atoms with Crippen LogP contribution in [0, 0.1) is 0 Å². The molecule has 0 aromatic heterocycles. The van der Waals surface area contributed by atoms with Gasteiger partial charge < -0.3 is 30.9 Å². The highest BCUT2D eigenvalue weighted by Crippen LogP contribution is 2.31. The van der Waals surface area contributed by atoms with Crippen LogP contribution >= 0.6 is 0 Å². The maximum absolute atomic E-state index is 11.4. The van der Waals surface area contributed by atoms with Crippen molar-refractivity contribution in [2.24, 2.45) is 5.73 Å². The van der Waals surface area contributed by atoms with Crippen LogP contribution in [0.15, 0.2) is 0 Å².